The molecule has 0 aliphatic carbocycles. The lowest BCUT2D eigenvalue weighted by Crippen LogP contribution is -2.27. The molecule has 0 atom stereocenters. The predicted octanol–water partition coefficient (Wildman–Crippen LogP) is 2.99. The van der Waals surface area contributed by atoms with Gasteiger partial charge in [-0.15, -0.1) is 0 Å². The number of nitrogens with zero attached hydrogens (tertiary/aromatic N) is 2. The van der Waals surface area contributed by atoms with E-state index in [-0.39, 0.29) is 23.6 Å². The molecule has 2 aromatic rings. The van der Waals surface area contributed by atoms with E-state index in [1.807, 2.05) is 6.26 Å². The van der Waals surface area contributed by atoms with Gasteiger partial charge < -0.3 is 14.6 Å². The van der Waals surface area contributed by atoms with Crippen LogP contribution in [0.3, 0.4) is 0 Å². The Morgan fingerprint density at radius 2 is 2.00 bits per heavy atom. The van der Waals surface area contributed by atoms with E-state index in [1.54, 1.807) is 26.1 Å². The molecule has 146 valence electrons. The minimum Gasteiger partial charge on any atom is -0.435 e. The standard InChI is InChI=1S/C18H21F2N3O3S/c1-11-14(16(25)22-18(21-11)27-3)8-9-15(24)23(2)10-12-4-6-13(7-5-12)26-17(19)20/h4-7,17H,8-10H2,1-3H3,(H,21,22,25). The van der Waals surface area contributed by atoms with Crippen LogP contribution in [0.2, 0.25) is 0 Å². The Balaban J connectivity index is 1.93. The maximum absolute atomic E-state index is 12.3. The third-order valence-corrected chi connectivity index (χ3v) is 4.56. The van der Waals surface area contributed by atoms with E-state index in [2.05, 4.69) is 14.7 Å². The summed E-state index contributed by atoms with van der Waals surface area (Å²) in [6.07, 6.45) is 2.29. The quantitative estimate of drug-likeness (QED) is 0.548. The summed E-state index contributed by atoms with van der Waals surface area (Å²) >= 11 is 1.35. The Morgan fingerprint density at radius 3 is 2.56 bits per heavy atom. The molecule has 0 saturated carbocycles. The number of hydrogen-bond donors (Lipinski definition) is 1. The number of aryl methyl sites for hydroxylation is 1. The van der Waals surface area contributed by atoms with E-state index < -0.39 is 6.61 Å². The molecular formula is C18H21F2N3O3S. The number of hydrogen-bond acceptors (Lipinski definition) is 5. The molecule has 1 N–H and O–H groups in total. The fourth-order valence-electron chi connectivity index (χ4n) is 2.54. The molecule has 27 heavy (non-hydrogen) atoms. The van der Waals surface area contributed by atoms with Crippen LogP contribution in [0.4, 0.5) is 8.78 Å². The molecular weight excluding hydrogens is 376 g/mol. The molecule has 1 amide bonds. The topological polar surface area (TPSA) is 75.3 Å². The van der Waals surface area contributed by atoms with Gasteiger partial charge in [0.15, 0.2) is 5.16 Å². The lowest BCUT2D eigenvalue weighted by atomic mass is 10.1. The summed E-state index contributed by atoms with van der Waals surface area (Å²) in [6.45, 7) is -0.792. The zero-order valence-electron chi connectivity index (χ0n) is 15.3. The maximum Gasteiger partial charge on any atom is 0.387 e. The van der Waals surface area contributed by atoms with Gasteiger partial charge in [0, 0.05) is 31.3 Å². The lowest BCUT2D eigenvalue weighted by Gasteiger charge is -2.17. The average molecular weight is 397 g/mol. The second-order valence-corrected chi connectivity index (χ2v) is 6.71. The normalized spacial score (nSPS) is 10.9. The van der Waals surface area contributed by atoms with Gasteiger partial charge in [-0.3, -0.25) is 9.59 Å². The fourth-order valence-corrected chi connectivity index (χ4v) is 2.96. The number of amides is 1. The van der Waals surface area contributed by atoms with Gasteiger partial charge in [0.1, 0.15) is 5.75 Å². The van der Waals surface area contributed by atoms with Gasteiger partial charge in [-0.25, -0.2) is 4.98 Å². The monoisotopic (exact) mass is 397 g/mol. The molecule has 0 saturated heterocycles. The Labute approximate surface area is 159 Å². The van der Waals surface area contributed by atoms with E-state index in [1.165, 1.54) is 28.8 Å². The molecule has 0 unspecified atom stereocenters. The van der Waals surface area contributed by atoms with Gasteiger partial charge in [-0.05, 0) is 37.3 Å². The van der Waals surface area contributed by atoms with E-state index in [4.69, 9.17) is 0 Å². The first-order valence-corrected chi connectivity index (χ1v) is 9.44. The smallest absolute Gasteiger partial charge is 0.387 e. The SMILES string of the molecule is CSc1nc(C)c(CCC(=O)N(C)Cc2ccc(OC(F)F)cc2)c(=O)[nH]1. The third kappa shape index (κ3) is 6.06. The molecule has 1 aromatic carbocycles. The van der Waals surface area contributed by atoms with Crippen molar-refractivity contribution in [3.63, 3.8) is 0 Å². The number of aromatic nitrogens is 2. The Kier molecular flexibility index (Phi) is 7.35. The number of H-pyrrole nitrogens is 1. The molecule has 0 bridgehead atoms. The first-order valence-electron chi connectivity index (χ1n) is 8.21. The van der Waals surface area contributed by atoms with E-state index in [0.717, 1.165) is 5.56 Å². The number of carbonyl (C=O) groups excluding carboxylic acids is 1. The van der Waals surface area contributed by atoms with Gasteiger partial charge >= 0.3 is 6.61 Å². The molecule has 0 aliphatic heterocycles. The van der Waals surface area contributed by atoms with Crippen LogP contribution >= 0.6 is 11.8 Å². The summed E-state index contributed by atoms with van der Waals surface area (Å²) in [5.74, 6) is -0.0609. The molecule has 0 aliphatic rings. The average Bonchev–Trinajstić information content (AvgIpc) is 2.61. The van der Waals surface area contributed by atoms with Gasteiger partial charge in [0.25, 0.3) is 5.56 Å². The zero-order chi connectivity index (χ0) is 20.0. The molecule has 2 rings (SSSR count). The largest absolute Gasteiger partial charge is 0.435 e. The molecule has 0 spiro atoms. The lowest BCUT2D eigenvalue weighted by molar-refractivity contribution is -0.130. The van der Waals surface area contributed by atoms with Crippen molar-refractivity contribution in [3.8, 4) is 5.75 Å². The van der Waals surface area contributed by atoms with Crippen molar-refractivity contribution in [1.82, 2.24) is 14.9 Å². The van der Waals surface area contributed by atoms with Crippen LogP contribution in [0.25, 0.3) is 0 Å². The van der Waals surface area contributed by atoms with Crippen LogP contribution in [0.1, 0.15) is 23.2 Å². The highest BCUT2D eigenvalue weighted by molar-refractivity contribution is 7.98. The summed E-state index contributed by atoms with van der Waals surface area (Å²) < 4.78 is 28.6. The van der Waals surface area contributed by atoms with Gasteiger partial charge in [0.2, 0.25) is 5.91 Å². The number of thioether (sulfide) groups is 1. The summed E-state index contributed by atoms with van der Waals surface area (Å²) in [6, 6.07) is 6.12. The van der Waals surface area contributed by atoms with Crippen LogP contribution in [-0.4, -0.2) is 40.7 Å². The van der Waals surface area contributed by atoms with Crippen molar-refractivity contribution in [3.05, 3.63) is 51.4 Å². The van der Waals surface area contributed by atoms with Crippen molar-refractivity contribution >= 4 is 17.7 Å². The Hall–Kier alpha value is -2.42. The number of ether oxygens (including phenoxy) is 1. The van der Waals surface area contributed by atoms with Crippen molar-refractivity contribution in [2.45, 2.75) is 38.1 Å². The number of aromatic amines is 1. The minimum atomic E-state index is -2.87. The van der Waals surface area contributed by atoms with Crippen molar-refractivity contribution in [2.24, 2.45) is 0 Å². The van der Waals surface area contributed by atoms with Crippen LogP contribution in [0, 0.1) is 6.92 Å². The number of rotatable bonds is 8. The second kappa shape index (κ2) is 9.50. The van der Waals surface area contributed by atoms with Crippen molar-refractivity contribution in [1.29, 1.82) is 0 Å². The first kappa shape index (κ1) is 20.9. The third-order valence-electron chi connectivity index (χ3n) is 3.98. The molecule has 0 radical (unpaired) electrons. The molecule has 6 nitrogen and oxygen atoms in total. The van der Waals surface area contributed by atoms with Crippen molar-refractivity contribution < 1.29 is 18.3 Å². The first-order chi connectivity index (χ1) is 12.8. The summed E-state index contributed by atoms with van der Waals surface area (Å²) in [4.78, 5) is 32.9. The van der Waals surface area contributed by atoms with Crippen LogP contribution < -0.4 is 10.3 Å². The second-order valence-electron chi connectivity index (χ2n) is 5.91. The summed E-state index contributed by atoms with van der Waals surface area (Å²) in [7, 11) is 1.65. The number of nitrogens with one attached hydrogen (secondary N) is 1. The van der Waals surface area contributed by atoms with Crippen LogP contribution in [0.5, 0.6) is 5.75 Å². The highest BCUT2D eigenvalue weighted by Crippen LogP contribution is 2.16. The number of alkyl halides is 2. The molecule has 1 aromatic heterocycles. The highest BCUT2D eigenvalue weighted by Gasteiger charge is 2.14. The van der Waals surface area contributed by atoms with Crippen molar-refractivity contribution in [2.75, 3.05) is 13.3 Å². The molecule has 1 heterocycles. The van der Waals surface area contributed by atoms with Gasteiger partial charge in [0.05, 0.1) is 0 Å². The number of halogens is 2. The fraction of sp³-hybridized carbons (Fsp3) is 0.389. The number of carbonyl (C=O) groups is 1. The minimum absolute atomic E-state index is 0.0682. The Morgan fingerprint density at radius 1 is 1.33 bits per heavy atom. The van der Waals surface area contributed by atoms with Gasteiger partial charge in [-0.2, -0.15) is 8.78 Å². The molecule has 0 fully saturated rings. The molecule has 9 heteroatoms. The maximum atomic E-state index is 12.3. The van der Waals surface area contributed by atoms with E-state index in [9.17, 15) is 18.4 Å². The van der Waals surface area contributed by atoms with Crippen LogP contribution in [0.15, 0.2) is 34.2 Å². The highest BCUT2D eigenvalue weighted by atomic mass is 32.2. The summed E-state index contributed by atoms with van der Waals surface area (Å²) in [5.41, 5.74) is 1.68. The van der Waals surface area contributed by atoms with Crippen LogP contribution in [-0.2, 0) is 17.8 Å². The van der Waals surface area contributed by atoms with E-state index >= 15 is 0 Å². The summed E-state index contributed by atoms with van der Waals surface area (Å²) in [5, 5.41) is 0.545. The van der Waals surface area contributed by atoms with E-state index in [0.29, 0.717) is 29.4 Å². The Bertz CT molecular complexity index is 841. The zero-order valence-corrected chi connectivity index (χ0v) is 16.1. The predicted molar refractivity (Wildman–Crippen MR) is 99.2 cm³/mol. The number of benzene rings is 1. The van der Waals surface area contributed by atoms with Gasteiger partial charge in [-0.1, -0.05) is 23.9 Å².